The predicted octanol–water partition coefficient (Wildman–Crippen LogP) is 1.14. The zero-order valence-corrected chi connectivity index (χ0v) is 18.2. The Kier molecular flexibility index (Phi) is 5.05. The molecule has 5 rings (SSSR count). The van der Waals surface area contributed by atoms with E-state index in [1.165, 1.54) is 0 Å². The molecule has 0 aromatic carbocycles. The molecule has 9 heteroatoms. The molecule has 1 saturated heterocycles. The number of hydrogen-bond donors (Lipinski definition) is 3. The molecule has 9 nitrogen and oxygen atoms in total. The minimum atomic E-state index is -0.0353. The van der Waals surface area contributed by atoms with E-state index in [2.05, 4.69) is 39.4 Å². The summed E-state index contributed by atoms with van der Waals surface area (Å²) in [4.78, 5) is 14.4. The SMILES string of the molecule is CN1Cc2nn(C)cc2NC1=C1C=NC(N2CCC(N)CC2)=NC1C1C=CC(N)=CC1. The number of aromatic nitrogens is 2. The molecule has 1 fully saturated rings. The van der Waals surface area contributed by atoms with Crippen molar-refractivity contribution in [3.8, 4) is 0 Å². The molecule has 5 N–H and O–H groups in total. The summed E-state index contributed by atoms with van der Waals surface area (Å²) in [5.74, 6) is 2.08. The summed E-state index contributed by atoms with van der Waals surface area (Å²) >= 11 is 0. The van der Waals surface area contributed by atoms with E-state index < -0.39 is 0 Å². The summed E-state index contributed by atoms with van der Waals surface area (Å²) in [5, 5.41) is 8.14. The van der Waals surface area contributed by atoms with Gasteiger partial charge in [-0.15, -0.1) is 0 Å². The fourth-order valence-corrected chi connectivity index (χ4v) is 4.68. The van der Waals surface area contributed by atoms with Crippen LogP contribution in [0.2, 0.25) is 0 Å². The van der Waals surface area contributed by atoms with E-state index in [1.54, 1.807) is 0 Å². The van der Waals surface area contributed by atoms with Crippen LogP contribution >= 0.6 is 0 Å². The number of nitrogens with one attached hydrogen (secondary N) is 1. The van der Waals surface area contributed by atoms with Gasteiger partial charge in [0.15, 0.2) is 0 Å². The van der Waals surface area contributed by atoms with Crippen LogP contribution in [0.3, 0.4) is 0 Å². The highest BCUT2D eigenvalue weighted by Gasteiger charge is 2.33. The lowest BCUT2D eigenvalue weighted by molar-refractivity contribution is 0.308. The molecule has 3 aliphatic heterocycles. The smallest absolute Gasteiger partial charge is 0.221 e. The minimum Gasteiger partial charge on any atom is -0.399 e. The molecule has 1 aromatic heterocycles. The maximum absolute atomic E-state index is 6.10. The normalized spacial score (nSPS) is 28.9. The van der Waals surface area contributed by atoms with E-state index in [1.807, 2.05) is 30.2 Å². The molecule has 31 heavy (non-hydrogen) atoms. The van der Waals surface area contributed by atoms with E-state index in [0.29, 0.717) is 0 Å². The second kappa shape index (κ2) is 7.88. The molecule has 0 spiro atoms. The summed E-state index contributed by atoms with van der Waals surface area (Å²) in [7, 11) is 4.03. The average molecular weight is 422 g/mol. The third kappa shape index (κ3) is 3.85. The van der Waals surface area contributed by atoms with Crippen LogP contribution in [0, 0.1) is 5.92 Å². The van der Waals surface area contributed by atoms with Crippen LogP contribution in [0.1, 0.15) is 25.0 Å². The summed E-state index contributed by atoms with van der Waals surface area (Å²) in [6.45, 7) is 2.55. The number of nitrogens with two attached hydrogens (primary N) is 2. The third-order valence-corrected chi connectivity index (χ3v) is 6.48. The van der Waals surface area contributed by atoms with Crippen LogP contribution in [0.5, 0.6) is 0 Å². The van der Waals surface area contributed by atoms with Crippen LogP contribution in [0.15, 0.2) is 51.5 Å². The van der Waals surface area contributed by atoms with E-state index in [0.717, 1.165) is 73.3 Å². The van der Waals surface area contributed by atoms with Gasteiger partial charge in [-0.1, -0.05) is 12.2 Å². The number of anilines is 1. The van der Waals surface area contributed by atoms with E-state index >= 15 is 0 Å². The second-order valence-corrected chi connectivity index (χ2v) is 8.87. The van der Waals surface area contributed by atoms with Gasteiger partial charge in [0.05, 0.1) is 18.3 Å². The molecule has 0 bridgehead atoms. The van der Waals surface area contributed by atoms with Gasteiger partial charge < -0.3 is 26.6 Å². The van der Waals surface area contributed by atoms with Gasteiger partial charge in [0, 0.05) is 62.8 Å². The van der Waals surface area contributed by atoms with Gasteiger partial charge in [-0.25, -0.2) is 9.98 Å². The number of piperidine rings is 1. The van der Waals surface area contributed by atoms with Gasteiger partial charge in [-0.2, -0.15) is 5.10 Å². The fraction of sp³-hybridized carbons (Fsp3) is 0.500. The zero-order chi connectivity index (χ0) is 21.5. The lowest BCUT2D eigenvalue weighted by atomic mass is 9.87. The molecular weight excluding hydrogens is 390 g/mol. The highest BCUT2D eigenvalue weighted by atomic mass is 15.3. The van der Waals surface area contributed by atoms with Crippen molar-refractivity contribution in [2.75, 3.05) is 25.5 Å². The van der Waals surface area contributed by atoms with Crippen molar-refractivity contribution in [1.82, 2.24) is 19.6 Å². The first kappa shape index (κ1) is 19.9. The highest BCUT2D eigenvalue weighted by molar-refractivity contribution is 5.98. The summed E-state index contributed by atoms with van der Waals surface area (Å²) < 4.78 is 1.85. The fourth-order valence-electron chi connectivity index (χ4n) is 4.68. The van der Waals surface area contributed by atoms with Crippen LogP contribution in [-0.2, 0) is 13.6 Å². The van der Waals surface area contributed by atoms with Crippen molar-refractivity contribution in [2.24, 2.45) is 34.4 Å². The Morgan fingerprint density at radius 3 is 2.74 bits per heavy atom. The van der Waals surface area contributed by atoms with Crippen molar-refractivity contribution < 1.29 is 0 Å². The molecule has 0 amide bonds. The third-order valence-electron chi connectivity index (χ3n) is 6.48. The molecule has 2 unspecified atom stereocenters. The lowest BCUT2D eigenvalue weighted by Gasteiger charge is -2.36. The van der Waals surface area contributed by atoms with Crippen molar-refractivity contribution in [1.29, 1.82) is 0 Å². The molecule has 1 aromatic rings. The number of aliphatic imine (C=N–C) groups is 2. The van der Waals surface area contributed by atoms with Crippen molar-refractivity contribution in [3.63, 3.8) is 0 Å². The highest BCUT2D eigenvalue weighted by Crippen LogP contribution is 2.33. The number of aryl methyl sites for hydroxylation is 1. The maximum atomic E-state index is 6.10. The van der Waals surface area contributed by atoms with E-state index in [9.17, 15) is 0 Å². The Balaban J connectivity index is 1.50. The summed E-state index contributed by atoms with van der Waals surface area (Å²) in [5.41, 5.74) is 16.1. The number of guanidine groups is 1. The quantitative estimate of drug-likeness (QED) is 0.627. The van der Waals surface area contributed by atoms with Gasteiger partial charge in [-0.3, -0.25) is 4.68 Å². The Morgan fingerprint density at radius 2 is 2.00 bits per heavy atom. The summed E-state index contributed by atoms with van der Waals surface area (Å²) in [6, 6.07) is 0.243. The van der Waals surface area contributed by atoms with Gasteiger partial charge in [0.2, 0.25) is 5.96 Å². The topological polar surface area (TPSA) is 113 Å². The summed E-state index contributed by atoms with van der Waals surface area (Å²) in [6.07, 6.45) is 13.1. The molecule has 2 atom stereocenters. The van der Waals surface area contributed by atoms with Crippen LogP contribution in [0.4, 0.5) is 5.69 Å². The van der Waals surface area contributed by atoms with Gasteiger partial charge in [0.1, 0.15) is 11.5 Å². The average Bonchev–Trinajstić information content (AvgIpc) is 3.13. The predicted molar refractivity (Wildman–Crippen MR) is 123 cm³/mol. The maximum Gasteiger partial charge on any atom is 0.221 e. The molecule has 4 heterocycles. The molecule has 1 aliphatic carbocycles. The Morgan fingerprint density at radius 1 is 1.19 bits per heavy atom. The molecule has 164 valence electrons. The van der Waals surface area contributed by atoms with Gasteiger partial charge >= 0.3 is 0 Å². The first-order valence-electron chi connectivity index (χ1n) is 11.0. The molecular formula is C22H31N9. The molecule has 0 saturated carbocycles. The minimum absolute atomic E-state index is 0.0353. The molecule has 4 aliphatic rings. The van der Waals surface area contributed by atoms with Crippen molar-refractivity contribution >= 4 is 17.9 Å². The van der Waals surface area contributed by atoms with Crippen LogP contribution < -0.4 is 16.8 Å². The van der Waals surface area contributed by atoms with Crippen molar-refractivity contribution in [3.05, 3.63) is 47.2 Å². The van der Waals surface area contributed by atoms with Crippen molar-refractivity contribution in [2.45, 2.75) is 37.9 Å². The number of hydrogen-bond acceptors (Lipinski definition) is 8. The largest absolute Gasteiger partial charge is 0.399 e. The molecule has 0 radical (unpaired) electrons. The number of fused-ring (bicyclic) bond motifs is 1. The van der Waals surface area contributed by atoms with E-state index in [4.69, 9.17) is 21.5 Å². The van der Waals surface area contributed by atoms with Gasteiger partial charge in [0.25, 0.3) is 0 Å². The first-order chi connectivity index (χ1) is 15.0. The Labute approximate surface area is 182 Å². The van der Waals surface area contributed by atoms with Gasteiger partial charge in [-0.05, 0) is 25.3 Å². The number of likely N-dealkylation sites (tertiary alicyclic amines) is 1. The monoisotopic (exact) mass is 421 g/mol. The second-order valence-electron chi connectivity index (χ2n) is 8.87. The number of nitrogens with zero attached hydrogens (tertiary/aromatic N) is 6. The Hall–Kier alpha value is -3.07. The zero-order valence-electron chi connectivity index (χ0n) is 18.2. The lowest BCUT2D eigenvalue weighted by Crippen LogP contribution is -2.44. The standard InChI is InChI=1S/C22H31N9/c1-29-12-19-18(13-30(2)28-19)26-21(29)17-11-25-22(31-9-7-16(24)8-10-31)27-20(17)14-3-5-15(23)6-4-14/h3,5-6,11,13-14,16,20,26H,4,7-10,12,23-24H2,1-2H3. The van der Waals surface area contributed by atoms with Crippen LogP contribution in [0.25, 0.3) is 0 Å². The number of allylic oxidation sites excluding steroid dienone is 2. The van der Waals surface area contributed by atoms with E-state index in [-0.39, 0.29) is 18.0 Å². The Bertz CT molecular complexity index is 1000. The van der Waals surface area contributed by atoms with Crippen LogP contribution in [-0.4, -0.2) is 64.0 Å². The number of rotatable bonds is 1. The first-order valence-corrected chi connectivity index (χ1v) is 11.0.